The predicted molar refractivity (Wildman–Crippen MR) is 52.5 cm³/mol. The smallest absolute Gasteiger partial charge is 0.172 e. The number of carbonyl (C=O) groups is 1. The second-order valence-corrected chi connectivity index (χ2v) is 2.80. The lowest BCUT2D eigenvalue weighted by Crippen LogP contribution is -2.01. The molecule has 1 rings (SSSR count). The molecule has 12 heavy (non-hydrogen) atoms. The zero-order valence-electron chi connectivity index (χ0n) is 6.66. The Balaban J connectivity index is 2.84. The topological polar surface area (TPSA) is 43.1 Å². The van der Waals surface area contributed by atoms with Gasteiger partial charge in [0.25, 0.3) is 0 Å². The van der Waals surface area contributed by atoms with E-state index in [1.807, 2.05) is 12.1 Å². The van der Waals surface area contributed by atoms with E-state index in [9.17, 15) is 4.79 Å². The van der Waals surface area contributed by atoms with Gasteiger partial charge in [0.05, 0.1) is 5.75 Å². The molecule has 1 aromatic carbocycles. The maximum Gasteiger partial charge on any atom is 0.172 e. The highest BCUT2D eigenvalue weighted by atomic mass is 32.1. The van der Waals surface area contributed by atoms with E-state index in [0.717, 1.165) is 5.56 Å². The molecule has 0 aliphatic carbocycles. The molecule has 2 N–H and O–H groups in total. The van der Waals surface area contributed by atoms with Crippen LogP contribution in [0.1, 0.15) is 15.9 Å². The minimum atomic E-state index is 0.0434. The Morgan fingerprint density at radius 1 is 1.33 bits per heavy atom. The van der Waals surface area contributed by atoms with E-state index >= 15 is 0 Å². The van der Waals surface area contributed by atoms with Gasteiger partial charge >= 0.3 is 0 Å². The summed E-state index contributed by atoms with van der Waals surface area (Å²) in [6, 6.07) is 7.27. The van der Waals surface area contributed by atoms with Gasteiger partial charge in [0, 0.05) is 12.1 Å². The number of ketones is 1. The molecule has 0 radical (unpaired) electrons. The third kappa shape index (κ3) is 2.09. The second-order valence-electron chi connectivity index (χ2n) is 2.48. The Bertz CT molecular complexity index is 268. The third-order valence-corrected chi connectivity index (χ3v) is 1.94. The summed E-state index contributed by atoms with van der Waals surface area (Å²) in [5.41, 5.74) is 7.14. The van der Waals surface area contributed by atoms with Gasteiger partial charge in [0.15, 0.2) is 5.78 Å². The normalized spacial score (nSPS) is 9.83. The van der Waals surface area contributed by atoms with Gasteiger partial charge in [-0.05, 0) is 5.56 Å². The van der Waals surface area contributed by atoms with Gasteiger partial charge in [-0.1, -0.05) is 24.3 Å². The quantitative estimate of drug-likeness (QED) is 0.544. The van der Waals surface area contributed by atoms with Gasteiger partial charge in [-0.3, -0.25) is 4.79 Å². The Kier molecular flexibility index (Phi) is 3.31. The number of thiol groups is 1. The van der Waals surface area contributed by atoms with Gasteiger partial charge < -0.3 is 5.73 Å². The summed E-state index contributed by atoms with van der Waals surface area (Å²) in [6.45, 7) is 0.509. The van der Waals surface area contributed by atoms with E-state index in [1.54, 1.807) is 12.1 Å². The molecule has 0 unspecified atom stereocenters. The highest BCUT2D eigenvalue weighted by molar-refractivity contribution is 7.81. The molecule has 0 aliphatic heterocycles. The molecule has 0 amide bonds. The monoisotopic (exact) mass is 181 g/mol. The van der Waals surface area contributed by atoms with Crippen LogP contribution in [0.5, 0.6) is 0 Å². The molecule has 0 aromatic heterocycles. The summed E-state index contributed by atoms with van der Waals surface area (Å²) in [6.07, 6.45) is 0. The van der Waals surface area contributed by atoms with Gasteiger partial charge in [-0.2, -0.15) is 12.6 Å². The van der Waals surface area contributed by atoms with Crippen molar-refractivity contribution in [1.29, 1.82) is 0 Å². The lowest BCUT2D eigenvalue weighted by molar-refractivity contribution is 0.102. The van der Waals surface area contributed by atoms with Crippen LogP contribution < -0.4 is 5.73 Å². The van der Waals surface area contributed by atoms with Crippen molar-refractivity contribution < 1.29 is 4.79 Å². The summed E-state index contributed by atoms with van der Waals surface area (Å²) in [7, 11) is 0. The number of hydrogen-bond acceptors (Lipinski definition) is 3. The van der Waals surface area contributed by atoms with Crippen LogP contribution in [0, 0.1) is 0 Å². The molecular formula is C9H11NOS. The molecule has 0 saturated carbocycles. The molecular weight excluding hydrogens is 170 g/mol. The van der Waals surface area contributed by atoms with E-state index in [2.05, 4.69) is 12.6 Å². The van der Waals surface area contributed by atoms with Crippen molar-refractivity contribution in [2.45, 2.75) is 6.54 Å². The summed E-state index contributed by atoms with van der Waals surface area (Å²) in [4.78, 5) is 11.1. The second kappa shape index (κ2) is 4.28. The number of carbonyl (C=O) groups excluding carboxylic acids is 1. The lowest BCUT2D eigenvalue weighted by atomic mass is 10.1. The maximum absolute atomic E-state index is 11.1. The van der Waals surface area contributed by atoms with Crippen molar-refractivity contribution >= 4 is 18.4 Å². The molecule has 0 fully saturated rings. The summed E-state index contributed by atoms with van der Waals surface area (Å²) >= 11 is 3.90. The van der Waals surface area contributed by atoms with Gasteiger partial charge in [0.1, 0.15) is 0 Å². The molecule has 0 aliphatic rings. The highest BCUT2D eigenvalue weighted by Gasteiger charge is 2.01. The minimum Gasteiger partial charge on any atom is -0.326 e. The van der Waals surface area contributed by atoms with Gasteiger partial charge in [-0.25, -0.2) is 0 Å². The SMILES string of the molecule is NCc1ccc(C(=O)CS)cc1. The Labute approximate surface area is 77.2 Å². The molecule has 3 heteroatoms. The fraction of sp³-hybridized carbons (Fsp3) is 0.222. The minimum absolute atomic E-state index is 0.0434. The van der Waals surface area contributed by atoms with Crippen LogP contribution >= 0.6 is 12.6 Å². The Morgan fingerprint density at radius 2 is 1.92 bits per heavy atom. The van der Waals surface area contributed by atoms with Crippen molar-refractivity contribution in [1.82, 2.24) is 0 Å². The third-order valence-electron chi connectivity index (χ3n) is 1.66. The van der Waals surface area contributed by atoms with Crippen LogP contribution in [0.25, 0.3) is 0 Å². The van der Waals surface area contributed by atoms with Gasteiger partial charge in [-0.15, -0.1) is 0 Å². The fourth-order valence-electron chi connectivity index (χ4n) is 0.918. The average Bonchev–Trinajstić information content (AvgIpc) is 2.17. The molecule has 0 bridgehead atoms. The molecule has 0 heterocycles. The van der Waals surface area contributed by atoms with E-state index < -0.39 is 0 Å². The van der Waals surface area contributed by atoms with Crippen LogP contribution in [-0.4, -0.2) is 11.5 Å². The highest BCUT2D eigenvalue weighted by Crippen LogP contribution is 2.05. The number of hydrogen-bond donors (Lipinski definition) is 2. The van der Waals surface area contributed by atoms with Crippen molar-refractivity contribution in [2.75, 3.05) is 5.75 Å². The van der Waals surface area contributed by atoms with E-state index in [-0.39, 0.29) is 11.5 Å². The van der Waals surface area contributed by atoms with Crippen molar-refractivity contribution in [3.63, 3.8) is 0 Å². The first-order valence-corrected chi connectivity index (χ1v) is 4.34. The molecule has 0 atom stereocenters. The van der Waals surface area contributed by atoms with E-state index in [1.165, 1.54) is 0 Å². The lowest BCUT2D eigenvalue weighted by Gasteiger charge is -1.98. The first-order valence-electron chi connectivity index (χ1n) is 3.71. The standard InChI is InChI=1S/C9H11NOS/c10-5-7-1-3-8(4-2-7)9(11)6-12/h1-4,12H,5-6,10H2. The van der Waals surface area contributed by atoms with Crippen LogP contribution in [0.3, 0.4) is 0 Å². The van der Waals surface area contributed by atoms with E-state index in [4.69, 9.17) is 5.73 Å². The zero-order valence-corrected chi connectivity index (χ0v) is 7.55. The maximum atomic E-state index is 11.1. The van der Waals surface area contributed by atoms with Crippen molar-refractivity contribution in [3.8, 4) is 0 Å². The Morgan fingerprint density at radius 3 is 2.33 bits per heavy atom. The molecule has 0 spiro atoms. The predicted octanol–water partition coefficient (Wildman–Crippen LogP) is 1.26. The van der Waals surface area contributed by atoms with Gasteiger partial charge in [0.2, 0.25) is 0 Å². The molecule has 1 aromatic rings. The fourth-order valence-corrected chi connectivity index (χ4v) is 1.10. The molecule has 64 valence electrons. The van der Waals surface area contributed by atoms with Crippen LogP contribution in [-0.2, 0) is 6.54 Å². The number of benzene rings is 1. The van der Waals surface area contributed by atoms with Crippen molar-refractivity contribution in [2.24, 2.45) is 5.73 Å². The van der Waals surface area contributed by atoms with Crippen molar-refractivity contribution in [3.05, 3.63) is 35.4 Å². The number of rotatable bonds is 3. The average molecular weight is 181 g/mol. The number of nitrogens with two attached hydrogens (primary N) is 1. The summed E-state index contributed by atoms with van der Waals surface area (Å²) < 4.78 is 0. The van der Waals surface area contributed by atoms with Crippen LogP contribution in [0.2, 0.25) is 0 Å². The summed E-state index contributed by atoms with van der Waals surface area (Å²) in [5, 5.41) is 0. The largest absolute Gasteiger partial charge is 0.326 e. The zero-order chi connectivity index (χ0) is 8.97. The Hall–Kier alpha value is -0.800. The number of Topliss-reactive ketones (excluding diaryl/α,β-unsaturated/α-hetero) is 1. The van der Waals surface area contributed by atoms with Crippen LogP contribution in [0.4, 0.5) is 0 Å². The first-order chi connectivity index (χ1) is 5.77. The van der Waals surface area contributed by atoms with Crippen LogP contribution in [0.15, 0.2) is 24.3 Å². The first kappa shape index (κ1) is 9.29. The molecule has 0 saturated heterocycles. The van der Waals surface area contributed by atoms with E-state index in [0.29, 0.717) is 12.1 Å². The summed E-state index contributed by atoms with van der Waals surface area (Å²) in [5.74, 6) is 0.295. The molecule has 2 nitrogen and oxygen atoms in total.